The monoisotopic (exact) mass is 426 g/mol. The summed E-state index contributed by atoms with van der Waals surface area (Å²) in [5.41, 5.74) is 0.636. The van der Waals surface area contributed by atoms with Crippen molar-refractivity contribution < 1.29 is 31.5 Å². The molecular weight excluding hydrogens is 406 g/mol. The highest BCUT2D eigenvalue weighted by Crippen LogP contribution is 2.23. The standard InChI is InChI=1S/C19H20F2N2O5S/c1-4-28-19(25)13-6-5-12(2)16(9-13)22-18(24)11-23(29(3,26)27)17-8-7-14(20)10-15(17)21/h5-10H,4,11H2,1-3H3,(H,22,24). The summed E-state index contributed by atoms with van der Waals surface area (Å²) in [4.78, 5) is 24.3. The average Bonchev–Trinajstić information content (AvgIpc) is 2.61. The van der Waals surface area contributed by atoms with E-state index in [0.29, 0.717) is 15.9 Å². The number of ether oxygens (including phenoxy) is 1. The van der Waals surface area contributed by atoms with Crippen molar-refractivity contribution in [2.75, 3.05) is 29.0 Å². The molecule has 1 N–H and O–H groups in total. The topological polar surface area (TPSA) is 92.8 Å². The van der Waals surface area contributed by atoms with Crippen molar-refractivity contribution in [1.29, 1.82) is 0 Å². The zero-order valence-corrected chi connectivity index (χ0v) is 16.8. The van der Waals surface area contributed by atoms with Crippen molar-refractivity contribution in [2.24, 2.45) is 0 Å². The molecular formula is C19H20F2N2O5S. The first-order valence-electron chi connectivity index (χ1n) is 8.53. The lowest BCUT2D eigenvalue weighted by molar-refractivity contribution is -0.114. The van der Waals surface area contributed by atoms with Gasteiger partial charge in [0.25, 0.3) is 0 Å². The lowest BCUT2D eigenvalue weighted by Gasteiger charge is -2.22. The predicted octanol–water partition coefficient (Wildman–Crippen LogP) is 2.85. The van der Waals surface area contributed by atoms with Crippen LogP contribution in [-0.2, 0) is 19.6 Å². The number of nitrogens with one attached hydrogen (secondary N) is 1. The summed E-state index contributed by atoms with van der Waals surface area (Å²) in [6, 6.07) is 6.87. The predicted molar refractivity (Wildman–Crippen MR) is 104 cm³/mol. The first-order valence-corrected chi connectivity index (χ1v) is 10.4. The molecule has 0 aliphatic carbocycles. The average molecular weight is 426 g/mol. The van der Waals surface area contributed by atoms with Crippen LogP contribution in [0.5, 0.6) is 0 Å². The molecule has 0 heterocycles. The summed E-state index contributed by atoms with van der Waals surface area (Å²) >= 11 is 0. The lowest BCUT2D eigenvalue weighted by Crippen LogP contribution is -2.38. The van der Waals surface area contributed by atoms with Crippen LogP contribution in [0.2, 0.25) is 0 Å². The Morgan fingerprint density at radius 1 is 1.14 bits per heavy atom. The van der Waals surface area contributed by atoms with E-state index in [1.165, 1.54) is 12.1 Å². The van der Waals surface area contributed by atoms with Gasteiger partial charge < -0.3 is 10.1 Å². The third-order valence-corrected chi connectivity index (χ3v) is 5.02. The number of carbonyl (C=O) groups excluding carboxylic acids is 2. The van der Waals surface area contributed by atoms with Crippen LogP contribution in [0, 0.1) is 18.6 Å². The number of nitrogens with zero attached hydrogens (tertiary/aromatic N) is 1. The summed E-state index contributed by atoms with van der Waals surface area (Å²) in [5, 5.41) is 2.50. The minimum absolute atomic E-state index is 0.182. The molecule has 7 nitrogen and oxygen atoms in total. The molecule has 0 saturated heterocycles. The van der Waals surface area contributed by atoms with Gasteiger partial charge in [-0.2, -0.15) is 0 Å². The van der Waals surface area contributed by atoms with Crippen LogP contribution in [0.3, 0.4) is 0 Å². The molecule has 10 heteroatoms. The van der Waals surface area contributed by atoms with E-state index < -0.39 is 45.8 Å². The fourth-order valence-electron chi connectivity index (χ4n) is 2.48. The van der Waals surface area contributed by atoms with Crippen LogP contribution in [0.15, 0.2) is 36.4 Å². The Balaban J connectivity index is 2.27. The number of halogens is 2. The van der Waals surface area contributed by atoms with E-state index in [2.05, 4.69) is 5.32 Å². The number of amides is 1. The summed E-state index contributed by atoms with van der Waals surface area (Å²) in [6.07, 6.45) is 0.801. The van der Waals surface area contributed by atoms with E-state index in [0.717, 1.165) is 18.4 Å². The number of sulfonamides is 1. The molecule has 0 aliphatic rings. The summed E-state index contributed by atoms with van der Waals surface area (Å²) in [7, 11) is -4.04. The van der Waals surface area contributed by atoms with E-state index in [1.54, 1.807) is 19.9 Å². The molecule has 0 atom stereocenters. The molecule has 2 aromatic carbocycles. The Morgan fingerprint density at radius 2 is 1.83 bits per heavy atom. The van der Waals surface area contributed by atoms with Gasteiger partial charge in [0.05, 0.1) is 24.1 Å². The zero-order valence-electron chi connectivity index (χ0n) is 16.0. The Morgan fingerprint density at radius 3 is 2.41 bits per heavy atom. The molecule has 0 fully saturated rings. The van der Waals surface area contributed by atoms with Gasteiger partial charge in [-0.25, -0.2) is 22.0 Å². The van der Waals surface area contributed by atoms with E-state index in [-0.39, 0.29) is 17.9 Å². The quantitative estimate of drug-likeness (QED) is 0.688. The third-order valence-electron chi connectivity index (χ3n) is 3.89. The van der Waals surface area contributed by atoms with Gasteiger partial charge in [0, 0.05) is 11.8 Å². The molecule has 0 radical (unpaired) electrons. The highest BCUT2D eigenvalue weighted by molar-refractivity contribution is 7.92. The van der Waals surface area contributed by atoms with E-state index in [4.69, 9.17) is 4.74 Å². The number of benzene rings is 2. The van der Waals surface area contributed by atoms with Crippen molar-refractivity contribution in [1.82, 2.24) is 0 Å². The summed E-state index contributed by atoms with van der Waals surface area (Å²) < 4.78 is 56.8. The SMILES string of the molecule is CCOC(=O)c1ccc(C)c(NC(=O)CN(c2ccc(F)cc2F)S(C)(=O)=O)c1. The molecule has 0 spiro atoms. The highest BCUT2D eigenvalue weighted by Gasteiger charge is 2.24. The fraction of sp³-hybridized carbons (Fsp3) is 0.263. The molecule has 156 valence electrons. The highest BCUT2D eigenvalue weighted by atomic mass is 32.2. The second kappa shape index (κ2) is 8.99. The van der Waals surface area contributed by atoms with Gasteiger partial charge in [-0.1, -0.05) is 6.07 Å². The van der Waals surface area contributed by atoms with Gasteiger partial charge in [-0.05, 0) is 43.7 Å². The Hall–Kier alpha value is -3.01. The second-order valence-electron chi connectivity index (χ2n) is 6.16. The van der Waals surface area contributed by atoms with Gasteiger partial charge in [-0.3, -0.25) is 9.10 Å². The fourth-order valence-corrected chi connectivity index (χ4v) is 3.34. The molecule has 0 aromatic heterocycles. The maximum absolute atomic E-state index is 14.1. The van der Waals surface area contributed by atoms with Crippen molar-refractivity contribution in [3.63, 3.8) is 0 Å². The smallest absolute Gasteiger partial charge is 0.338 e. The minimum Gasteiger partial charge on any atom is -0.462 e. The molecule has 1 amide bonds. The van der Waals surface area contributed by atoms with Crippen molar-refractivity contribution in [2.45, 2.75) is 13.8 Å². The van der Waals surface area contributed by atoms with Gasteiger partial charge >= 0.3 is 5.97 Å². The molecule has 0 bridgehead atoms. The van der Waals surface area contributed by atoms with Crippen molar-refractivity contribution in [3.05, 3.63) is 59.2 Å². The van der Waals surface area contributed by atoms with Crippen molar-refractivity contribution >= 4 is 33.3 Å². The number of hydrogen-bond acceptors (Lipinski definition) is 5. The van der Waals surface area contributed by atoms with Crippen molar-refractivity contribution in [3.8, 4) is 0 Å². The first-order chi connectivity index (χ1) is 13.5. The largest absolute Gasteiger partial charge is 0.462 e. The number of esters is 1. The van der Waals surface area contributed by atoms with E-state index >= 15 is 0 Å². The molecule has 0 unspecified atom stereocenters. The minimum atomic E-state index is -4.04. The van der Waals surface area contributed by atoms with Gasteiger partial charge in [0.2, 0.25) is 15.9 Å². The Labute approximate surface area is 167 Å². The second-order valence-corrected chi connectivity index (χ2v) is 8.07. The molecule has 0 saturated carbocycles. The first kappa shape index (κ1) is 22.3. The molecule has 29 heavy (non-hydrogen) atoms. The van der Waals surface area contributed by atoms with Crippen LogP contribution in [0.4, 0.5) is 20.2 Å². The molecule has 2 rings (SSSR count). The maximum Gasteiger partial charge on any atom is 0.338 e. The van der Waals surface area contributed by atoms with E-state index in [1.807, 2.05) is 0 Å². The Bertz CT molecular complexity index is 1040. The summed E-state index contributed by atoms with van der Waals surface area (Å²) in [5.74, 6) is -3.35. The molecule has 0 aliphatic heterocycles. The number of hydrogen-bond donors (Lipinski definition) is 1. The van der Waals surface area contributed by atoms with Crippen LogP contribution in [-0.4, -0.2) is 39.7 Å². The van der Waals surface area contributed by atoms with Crippen LogP contribution >= 0.6 is 0 Å². The number of anilines is 2. The normalized spacial score (nSPS) is 11.1. The number of rotatable bonds is 7. The number of aryl methyl sites for hydroxylation is 1. The van der Waals surface area contributed by atoms with Crippen LogP contribution in [0.25, 0.3) is 0 Å². The van der Waals surface area contributed by atoms with Crippen LogP contribution < -0.4 is 9.62 Å². The Kier molecular flexibility index (Phi) is 6.91. The van der Waals surface area contributed by atoms with E-state index in [9.17, 15) is 26.8 Å². The van der Waals surface area contributed by atoms with Gasteiger partial charge in [0.15, 0.2) is 0 Å². The van der Waals surface area contributed by atoms with Crippen LogP contribution in [0.1, 0.15) is 22.8 Å². The van der Waals surface area contributed by atoms with Gasteiger partial charge in [-0.15, -0.1) is 0 Å². The zero-order chi connectivity index (χ0) is 21.8. The molecule has 2 aromatic rings. The van der Waals surface area contributed by atoms with Gasteiger partial charge in [0.1, 0.15) is 18.2 Å². The summed E-state index contributed by atoms with van der Waals surface area (Å²) in [6.45, 7) is 2.77. The maximum atomic E-state index is 14.1. The number of carbonyl (C=O) groups is 2. The lowest BCUT2D eigenvalue weighted by atomic mass is 10.1. The third kappa shape index (κ3) is 5.74.